The average Bonchev–Trinajstić information content (AvgIpc) is 3.96. The molecule has 4 aromatic heterocycles. The number of para-hydroxylation sites is 3. The Kier molecular flexibility index (Phi) is 7.85. The smallest absolute Gasteiger partial charge is 0.137 e. The molecule has 0 aliphatic heterocycles. The first-order valence-electron chi connectivity index (χ1n) is 20.9. The Hall–Kier alpha value is -7.69. The van der Waals surface area contributed by atoms with E-state index < -0.39 is 0 Å². The van der Waals surface area contributed by atoms with Gasteiger partial charge in [0.25, 0.3) is 0 Å². The minimum Gasteiger partial charge on any atom is -0.309 e. The second-order valence-electron chi connectivity index (χ2n) is 15.9. The van der Waals surface area contributed by atoms with Gasteiger partial charge in [0.15, 0.2) is 0 Å². The number of hydrogen-bond donors (Lipinski definition) is 0. The van der Waals surface area contributed by atoms with Gasteiger partial charge in [-0.2, -0.15) is 0 Å². The number of fused-ring (bicyclic) bond motifs is 11. The van der Waals surface area contributed by atoms with Crippen LogP contribution in [0.15, 0.2) is 200 Å². The van der Waals surface area contributed by atoms with E-state index in [1.807, 2.05) is 0 Å². The molecule has 0 bridgehead atoms. The summed E-state index contributed by atoms with van der Waals surface area (Å²) in [5.74, 6) is 0.920. The van der Waals surface area contributed by atoms with Crippen LogP contribution in [-0.2, 0) is 6.42 Å². The molecule has 4 nitrogen and oxygen atoms in total. The standard InChI is InChI=1S/C56H40N4/c1-2-15-37-28-33-52(57-36-37)60-55-44(29-31-50-53(55)46-24-9-11-26-48(46)58(50)42-21-7-4-8-22-42)45-30-32-51-54(56(45)60)47-25-10-12-27-49(47)59(51)43-23-14-20-41(35-43)40-19-13-18-39(34-40)38-16-5-3-6-17-38/h3-14,16-36H,2,15H2,1H3. The van der Waals surface area contributed by atoms with Gasteiger partial charge in [-0.25, -0.2) is 4.98 Å². The first kappa shape index (κ1) is 34.4. The Morgan fingerprint density at radius 3 is 1.52 bits per heavy atom. The molecule has 12 rings (SSSR count). The van der Waals surface area contributed by atoms with Gasteiger partial charge >= 0.3 is 0 Å². The third-order valence-electron chi connectivity index (χ3n) is 12.4. The molecule has 284 valence electrons. The van der Waals surface area contributed by atoms with E-state index in [0.29, 0.717) is 0 Å². The molecule has 4 heterocycles. The summed E-state index contributed by atoms with van der Waals surface area (Å²) in [6, 6.07) is 70.8. The fourth-order valence-electron chi connectivity index (χ4n) is 9.78. The molecule has 4 heteroatoms. The minimum absolute atomic E-state index is 0.920. The second-order valence-corrected chi connectivity index (χ2v) is 15.9. The van der Waals surface area contributed by atoms with Gasteiger partial charge in [0.2, 0.25) is 0 Å². The summed E-state index contributed by atoms with van der Waals surface area (Å²) in [5.41, 5.74) is 15.4. The lowest BCUT2D eigenvalue weighted by Gasteiger charge is -2.12. The largest absolute Gasteiger partial charge is 0.309 e. The molecule has 0 N–H and O–H groups in total. The highest BCUT2D eigenvalue weighted by molar-refractivity contribution is 6.31. The van der Waals surface area contributed by atoms with Crippen molar-refractivity contribution in [2.45, 2.75) is 19.8 Å². The van der Waals surface area contributed by atoms with Crippen molar-refractivity contribution in [3.05, 3.63) is 206 Å². The van der Waals surface area contributed by atoms with Crippen LogP contribution >= 0.6 is 0 Å². The van der Waals surface area contributed by atoms with E-state index in [9.17, 15) is 0 Å². The predicted octanol–water partition coefficient (Wildman–Crippen LogP) is 14.7. The molecule has 60 heavy (non-hydrogen) atoms. The number of pyridine rings is 1. The number of aromatic nitrogens is 4. The highest BCUT2D eigenvalue weighted by Gasteiger charge is 2.25. The van der Waals surface area contributed by atoms with Gasteiger partial charge in [-0.05, 0) is 94.9 Å². The molecule has 0 fully saturated rings. The van der Waals surface area contributed by atoms with Gasteiger partial charge in [0.05, 0.1) is 33.1 Å². The molecule has 0 unspecified atom stereocenters. The lowest BCUT2D eigenvalue weighted by Crippen LogP contribution is -1.99. The van der Waals surface area contributed by atoms with Crippen LogP contribution in [-0.4, -0.2) is 18.7 Å². The molecule has 0 radical (unpaired) electrons. The number of hydrogen-bond acceptors (Lipinski definition) is 1. The van der Waals surface area contributed by atoms with Crippen LogP contribution in [0.3, 0.4) is 0 Å². The third kappa shape index (κ3) is 5.20. The summed E-state index contributed by atoms with van der Waals surface area (Å²) in [4.78, 5) is 5.27. The molecule has 0 aliphatic carbocycles. The second kappa shape index (κ2) is 13.7. The number of benzene rings is 8. The Labute approximate surface area is 347 Å². The summed E-state index contributed by atoms with van der Waals surface area (Å²) in [7, 11) is 0. The Bertz CT molecular complexity index is 3590. The maximum Gasteiger partial charge on any atom is 0.137 e. The summed E-state index contributed by atoms with van der Waals surface area (Å²) in [6.45, 7) is 2.23. The molecule has 0 aliphatic rings. The van der Waals surface area contributed by atoms with Gasteiger partial charge in [0, 0.05) is 49.9 Å². The highest BCUT2D eigenvalue weighted by Crippen LogP contribution is 2.46. The van der Waals surface area contributed by atoms with Crippen LogP contribution in [0.2, 0.25) is 0 Å². The van der Waals surface area contributed by atoms with E-state index in [4.69, 9.17) is 4.98 Å². The zero-order valence-electron chi connectivity index (χ0n) is 33.3. The maximum absolute atomic E-state index is 5.27. The van der Waals surface area contributed by atoms with Crippen LogP contribution in [0.5, 0.6) is 0 Å². The number of rotatable bonds is 7. The van der Waals surface area contributed by atoms with Crippen molar-refractivity contribution in [3.63, 3.8) is 0 Å². The first-order chi connectivity index (χ1) is 29.7. The van der Waals surface area contributed by atoms with Gasteiger partial charge in [-0.3, -0.25) is 4.57 Å². The topological polar surface area (TPSA) is 27.7 Å². The summed E-state index contributed by atoms with van der Waals surface area (Å²) in [5, 5.41) is 7.31. The summed E-state index contributed by atoms with van der Waals surface area (Å²) >= 11 is 0. The SMILES string of the molecule is CCCc1ccc(-n2c3c(ccc4c3c3ccccc3n4-c3ccccc3)c3ccc4c(c5ccccc5n4-c4cccc(-c5cccc(-c6ccccc6)c5)c4)c32)nc1. The van der Waals surface area contributed by atoms with Crippen LogP contribution < -0.4 is 0 Å². The minimum atomic E-state index is 0.920. The van der Waals surface area contributed by atoms with Gasteiger partial charge in [-0.15, -0.1) is 0 Å². The fraction of sp³-hybridized carbons (Fsp3) is 0.0536. The average molecular weight is 769 g/mol. The summed E-state index contributed by atoms with van der Waals surface area (Å²) in [6.07, 6.45) is 4.16. The van der Waals surface area contributed by atoms with Crippen LogP contribution in [0.4, 0.5) is 0 Å². The lowest BCUT2D eigenvalue weighted by molar-refractivity contribution is 0.909. The van der Waals surface area contributed by atoms with E-state index in [2.05, 4.69) is 221 Å². The van der Waals surface area contributed by atoms with E-state index in [0.717, 1.165) is 35.6 Å². The highest BCUT2D eigenvalue weighted by atomic mass is 15.1. The Balaban J connectivity index is 1.18. The van der Waals surface area contributed by atoms with E-state index in [-0.39, 0.29) is 0 Å². The van der Waals surface area contributed by atoms with Crippen molar-refractivity contribution in [1.29, 1.82) is 0 Å². The number of nitrogens with zero attached hydrogens (tertiary/aromatic N) is 4. The normalized spacial score (nSPS) is 11.9. The van der Waals surface area contributed by atoms with E-state index in [1.165, 1.54) is 87.7 Å². The molecular weight excluding hydrogens is 729 g/mol. The zero-order valence-corrected chi connectivity index (χ0v) is 33.3. The molecule has 0 saturated heterocycles. The maximum atomic E-state index is 5.27. The van der Waals surface area contributed by atoms with Gasteiger partial charge in [-0.1, -0.05) is 147 Å². The van der Waals surface area contributed by atoms with Crippen LogP contribution in [0, 0.1) is 0 Å². The van der Waals surface area contributed by atoms with Crippen LogP contribution in [0.25, 0.3) is 105 Å². The van der Waals surface area contributed by atoms with Gasteiger partial charge < -0.3 is 9.13 Å². The Morgan fingerprint density at radius 1 is 0.383 bits per heavy atom. The first-order valence-corrected chi connectivity index (χ1v) is 20.9. The molecule has 0 amide bonds. The number of aryl methyl sites for hydroxylation is 1. The molecule has 0 atom stereocenters. The van der Waals surface area contributed by atoms with E-state index >= 15 is 0 Å². The van der Waals surface area contributed by atoms with Crippen LogP contribution in [0.1, 0.15) is 18.9 Å². The van der Waals surface area contributed by atoms with Crippen molar-refractivity contribution in [2.24, 2.45) is 0 Å². The van der Waals surface area contributed by atoms with Crippen molar-refractivity contribution in [2.75, 3.05) is 0 Å². The van der Waals surface area contributed by atoms with Crippen molar-refractivity contribution < 1.29 is 0 Å². The zero-order chi connectivity index (χ0) is 39.7. The molecule has 12 aromatic rings. The molecule has 0 spiro atoms. The molecule has 8 aromatic carbocycles. The quantitative estimate of drug-likeness (QED) is 0.159. The third-order valence-corrected chi connectivity index (χ3v) is 12.4. The lowest BCUT2D eigenvalue weighted by atomic mass is 9.99. The molecular formula is C56H40N4. The summed E-state index contributed by atoms with van der Waals surface area (Å²) < 4.78 is 7.33. The van der Waals surface area contributed by atoms with E-state index in [1.54, 1.807) is 0 Å². The Morgan fingerprint density at radius 2 is 0.900 bits per heavy atom. The van der Waals surface area contributed by atoms with Crippen molar-refractivity contribution in [3.8, 4) is 39.4 Å². The molecule has 0 saturated carbocycles. The monoisotopic (exact) mass is 768 g/mol. The predicted molar refractivity (Wildman–Crippen MR) is 252 cm³/mol. The fourth-order valence-corrected chi connectivity index (χ4v) is 9.78. The van der Waals surface area contributed by atoms with Crippen molar-refractivity contribution in [1.82, 2.24) is 18.7 Å². The van der Waals surface area contributed by atoms with Crippen molar-refractivity contribution >= 4 is 65.4 Å². The van der Waals surface area contributed by atoms with Gasteiger partial charge in [0.1, 0.15) is 5.82 Å².